The van der Waals surface area contributed by atoms with Crippen molar-refractivity contribution in [2.24, 2.45) is 11.7 Å². The molecule has 1 unspecified atom stereocenters. The minimum atomic E-state index is -0.985. The molecule has 2 N–H and O–H groups in total. The molecule has 1 amide bonds. The van der Waals surface area contributed by atoms with Gasteiger partial charge in [0.1, 0.15) is 11.7 Å². The Morgan fingerprint density at radius 2 is 2.31 bits per heavy atom. The predicted molar refractivity (Wildman–Crippen MR) is 48.6 cm³/mol. The number of allylic oxidation sites excluding steroid dienone is 3. The lowest BCUT2D eigenvalue weighted by Crippen LogP contribution is -2.27. The van der Waals surface area contributed by atoms with Gasteiger partial charge in [-0.3, -0.25) is 4.79 Å². The van der Waals surface area contributed by atoms with Gasteiger partial charge < -0.3 is 10.5 Å². The Morgan fingerprint density at radius 1 is 1.69 bits per heavy atom. The molecule has 1 atom stereocenters. The first kappa shape index (κ1) is 11.8. The number of primary amides is 1. The van der Waals surface area contributed by atoms with Gasteiger partial charge >= 0.3 is 0 Å². The molecule has 0 aromatic rings. The molecule has 0 aliphatic heterocycles. The van der Waals surface area contributed by atoms with Crippen LogP contribution in [0.2, 0.25) is 0 Å². The molecule has 3 nitrogen and oxygen atoms in total. The Morgan fingerprint density at radius 3 is 2.69 bits per heavy atom. The van der Waals surface area contributed by atoms with Gasteiger partial charge in [0.15, 0.2) is 0 Å². The van der Waals surface area contributed by atoms with Crippen molar-refractivity contribution in [3.63, 3.8) is 0 Å². The fourth-order valence-electron chi connectivity index (χ4n) is 0.769. The Bertz CT molecular complexity index is 224. The van der Waals surface area contributed by atoms with Crippen LogP contribution in [0.3, 0.4) is 0 Å². The summed E-state index contributed by atoms with van der Waals surface area (Å²) in [4.78, 5) is 10.7. The maximum atomic E-state index is 13.1. The topological polar surface area (TPSA) is 52.3 Å². The highest BCUT2D eigenvalue weighted by Gasteiger charge is 2.19. The number of rotatable bonds is 5. The smallest absolute Gasteiger partial charge is 0.229 e. The zero-order chi connectivity index (χ0) is 10.3. The van der Waals surface area contributed by atoms with Crippen LogP contribution in [0.25, 0.3) is 0 Å². The summed E-state index contributed by atoms with van der Waals surface area (Å²) in [6, 6.07) is 0. The number of carbonyl (C=O) groups is 1. The van der Waals surface area contributed by atoms with E-state index in [2.05, 4.69) is 4.74 Å². The van der Waals surface area contributed by atoms with E-state index in [4.69, 9.17) is 5.73 Å². The summed E-state index contributed by atoms with van der Waals surface area (Å²) in [5.74, 6) is -2.28. The lowest BCUT2D eigenvalue weighted by molar-refractivity contribution is -0.122. The van der Waals surface area contributed by atoms with Crippen LogP contribution in [0.15, 0.2) is 24.1 Å². The third kappa shape index (κ3) is 4.42. The standard InChI is InChI=1S/C9H14FNO2/c1-3-4-5-8(10)7(6-13-2)9(11)12/h3-5,7H,6H2,1-2H3,(H2,11,12)/b4-3-,8-5+. The molecule has 0 bridgehead atoms. The molecule has 0 aliphatic carbocycles. The third-order valence-corrected chi connectivity index (χ3v) is 1.46. The van der Waals surface area contributed by atoms with Crippen LogP contribution in [-0.2, 0) is 9.53 Å². The molecule has 0 aromatic carbocycles. The molecule has 0 heterocycles. The van der Waals surface area contributed by atoms with Crippen molar-refractivity contribution in [2.45, 2.75) is 6.92 Å². The molecule has 0 saturated carbocycles. The highest BCUT2D eigenvalue weighted by molar-refractivity contribution is 5.79. The second-order valence-electron chi connectivity index (χ2n) is 2.49. The van der Waals surface area contributed by atoms with Crippen LogP contribution in [0.1, 0.15) is 6.92 Å². The normalized spacial score (nSPS) is 14.8. The van der Waals surface area contributed by atoms with Gasteiger partial charge in [0.25, 0.3) is 0 Å². The van der Waals surface area contributed by atoms with Gasteiger partial charge in [-0.2, -0.15) is 0 Å². The molecule has 0 rings (SSSR count). The van der Waals surface area contributed by atoms with Crippen molar-refractivity contribution >= 4 is 5.91 Å². The largest absolute Gasteiger partial charge is 0.383 e. The summed E-state index contributed by atoms with van der Waals surface area (Å²) < 4.78 is 17.8. The number of carbonyl (C=O) groups excluding carboxylic acids is 1. The molecule has 0 radical (unpaired) electrons. The highest BCUT2D eigenvalue weighted by Crippen LogP contribution is 2.12. The highest BCUT2D eigenvalue weighted by atomic mass is 19.1. The number of hydrogen-bond acceptors (Lipinski definition) is 2. The molecular weight excluding hydrogens is 173 g/mol. The van der Waals surface area contributed by atoms with Gasteiger partial charge in [-0.25, -0.2) is 4.39 Å². The Hall–Kier alpha value is -1.16. The third-order valence-electron chi connectivity index (χ3n) is 1.46. The fraction of sp³-hybridized carbons (Fsp3) is 0.444. The first-order valence-corrected chi connectivity index (χ1v) is 3.90. The lowest BCUT2D eigenvalue weighted by atomic mass is 10.1. The van der Waals surface area contributed by atoms with Crippen molar-refractivity contribution in [1.29, 1.82) is 0 Å². The molecule has 0 saturated heterocycles. The van der Waals surface area contributed by atoms with Crippen molar-refractivity contribution in [2.75, 3.05) is 13.7 Å². The van der Waals surface area contributed by atoms with Crippen LogP contribution in [0.4, 0.5) is 4.39 Å². The first-order valence-electron chi connectivity index (χ1n) is 3.90. The van der Waals surface area contributed by atoms with Crippen LogP contribution >= 0.6 is 0 Å². The molecular formula is C9H14FNO2. The van der Waals surface area contributed by atoms with Crippen molar-refractivity contribution in [3.05, 3.63) is 24.1 Å². The fourth-order valence-corrected chi connectivity index (χ4v) is 0.769. The number of methoxy groups -OCH3 is 1. The Balaban J connectivity index is 4.44. The second-order valence-corrected chi connectivity index (χ2v) is 2.49. The lowest BCUT2D eigenvalue weighted by Gasteiger charge is -2.08. The number of hydrogen-bond donors (Lipinski definition) is 1. The SMILES string of the molecule is C/C=C\C=C(\F)C(COC)C(N)=O. The molecule has 4 heteroatoms. The summed E-state index contributed by atoms with van der Waals surface area (Å²) in [5, 5.41) is 0. The maximum Gasteiger partial charge on any atom is 0.229 e. The zero-order valence-electron chi connectivity index (χ0n) is 7.79. The van der Waals surface area contributed by atoms with E-state index in [-0.39, 0.29) is 6.61 Å². The van der Waals surface area contributed by atoms with E-state index < -0.39 is 17.7 Å². The predicted octanol–water partition coefficient (Wildman–Crippen LogP) is 1.16. The van der Waals surface area contributed by atoms with E-state index >= 15 is 0 Å². The van der Waals surface area contributed by atoms with Crippen molar-refractivity contribution in [3.8, 4) is 0 Å². The van der Waals surface area contributed by atoms with Crippen LogP contribution < -0.4 is 5.73 Å². The number of nitrogens with two attached hydrogens (primary N) is 1. The summed E-state index contributed by atoms with van der Waals surface area (Å²) >= 11 is 0. The van der Waals surface area contributed by atoms with E-state index in [1.807, 2.05) is 0 Å². The van der Waals surface area contributed by atoms with E-state index in [1.165, 1.54) is 19.3 Å². The number of ether oxygens (including phenoxy) is 1. The summed E-state index contributed by atoms with van der Waals surface area (Å²) in [6.07, 6.45) is 4.36. The van der Waals surface area contributed by atoms with Gasteiger partial charge in [-0.05, 0) is 13.0 Å². The van der Waals surface area contributed by atoms with Gasteiger partial charge in [0.2, 0.25) is 5.91 Å². The van der Waals surface area contributed by atoms with Crippen molar-refractivity contribution < 1.29 is 13.9 Å². The van der Waals surface area contributed by atoms with Gasteiger partial charge in [0, 0.05) is 7.11 Å². The Kier molecular flexibility index (Phi) is 5.80. The average molecular weight is 187 g/mol. The molecule has 0 spiro atoms. The molecule has 0 aliphatic rings. The van der Waals surface area contributed by atoms with Crippen molar-refractivity contribution in [1.82, 2.24) is 0 Å². The molecule has 0 fully saturated rings. The van der Waals surface area contributed by atoms with Crippen LogP contribution in [0.5, 0.6) is 0 Å². The summed E-state index contributed by atoms with van der Waals surface area (Å²) in [6.45, 7) is 1.72. The summed E-state index contributed by atoms with van der Waals surface area (Å²) in [7, 11) is 1.39. The van der Waals surface area contributed by atoms with E-state index in [0.717, 1.165) is 0 Å². The second kappa shape index (κ2) is 6.37. The molecule has 0 aromatic heterocycles. The number of amides is 1. The minimum Gasteiger partial charge on any atom is -0.383 e. The molecule has 74 valence electrons. The van der Waals surface area contributed by atoms with E-state index in [1.54, 1.807) is 13.0 Å². The Labute approximate surface area is 77.1 Å². The quantitative estimate of drug-likeness (QED) is 0.657. The van der Waals surface area contributed by atoms with Crippen LogP contribution in [-0.4, -0.2) is 19.6 Å². The zero-order valence-corrected chi connectivity index (χ0v) is 7.79. The first-order chi connectivity index (χ1) is 6.13. The minimum absolute atomic E-state index is 0.0325. The van der Waals surface area contributed by atoms with Gasteiger partial charge in [0.05, 0.1) is 6.61 Å². The van der Waals surface area contributed by atoms with E-state index in [9.17, 15) is 9.18 Å². The summed E-state index contributed by atoms with van der Waals surface area (Å²) in [5.41, 5.74) is 4.97. The van der Waals surface area contributed by atoms with Crippen LogP contribution in [0, 0.1) is 5.92 Å². The van der Waals surface area contributed by atoms with Gasteiger partial charge in [-0.1, -0.05) is 12.2 Å². The van der Waals surface area contributed by atoms with E-state index in [0.29, 0.717) is 0 Å². The number of halogens is 1. The maximum absolute atomic E-state index is 13.1. The molecule has 13 heavy (non-hydrogen) atoms. The van der Waals surface area contributed by atoms with Gasteiger partial charge in [-0.15, -0.1) is 0 Å². The monoisotopic (exact) mass is 187 g/mol. The average Bonchev–Trinajstić information content (AvgIpc) is 2.09.